The zero-order valence-corrected chi connectivity index (χ0v) is 7.70. The Kier molecular flexibility index (Phi) is 1.80. The molecule has 0 bridgehead atoms. The lowest BCUT2D eigenvalue weighted by molar-refractivity contribution is 1.09. The summed E-state index contributed by atoms with van der Waals surface area (Å²) >= 11 is 0. The van der Waals surface area contributed by atoms with Gasteiger partial charge in [-0.25, -0.2) is 9.97 Å². The van der Waals surface area contributed by atoms with Crippen LogP contribution >= 0.6 is 0 Å². The van der Waals surface area contributed by atoms with Crippen LogP contribution in [0.4, 0.5) is 0 Å². The molecule has 0 aliphatic rings. The molecule has 0 spiro atoms. The Balaban J connectivity index is 2.81. The molecule has 0 aliphatic heterocycles. The third-order valence-corrected chi connectivity index (χ3v) is 2.09. The van der Waals surface area contributed by atoms with Gasteiger partial charge >= 0.3 is 0 Å². The normalized spacial score (nSPS) is 10.6. The Hall–Kier alpha value is -1.38. The third-order valence-electron chi connectivity index (χ3n) is 2.09. The van der Waals surface area contributed by atoms with Crippen molar-refractivity contribution in [2.75, 3.05) is 0 Å². The van der Waals surface area contributed by atoms with Gasteiger partial charge in [-0.1, -0.05) is 11.0 Å². The van der Waals surface area contributed by atoms with Gasteiger partial charge in [0.15, 0.2) is 0 Å². The predicted molar refractivity (Wildman–Crippen MR) is 54.4 cm³/mol. The van der Waals surface area contributed by atoms with Crippen LogP contribution in [0.3, 0.4) is 0 Å². The summed E-state index contributed by atoms with van der Waals surface area (Å²) in [6.45, 7) is 3.85. The van der Waals surface area contributed by atoms with Crippen molar-refractivity contribution >= 4 is 24.2 Å². The zero-order valence-electron chi connectivity index (χ0n) is 7.70. The molecular formula is C10H9BN2. The first kappa shape index (κ1) is 8.23. The smallest absolute Gasteiger partial charge is 0.125 e. The van der Waals surface area contributed by atoms with Crippen molar-refractivity contribution in [2.24, 2.45) is 0 Å². The van der Waals surface area contributed by atoms with Crippen LogP contribution in [-0.4, -0.2) is 17.8 Å². The van der Waals surface area contributed by atoms with Gasteiger partial charge in [0.1, 0.15) is 13.7 Å². The van der Waals surface area contributed by atoms with E-state index in [0.29, 0.717) is 0 Å². The Morgan fingerprint density at radius 2 is 2.00 bits per heavy atom. The van der Waals surface area contributed by atoms with E-state index in [2.05, 4.69) is 9.97 Å². The van der Waals surface area contributed by atoms with E-state index in [1.165, 1.54) is 0 Å². The maximum atomic E-state index is 5.78. The first-order chi connectivity index (χ1) is 6.16. The van der Waals surface area contributed by atoms with Gasteiger partial charge in [0, 0.05) is 11.6 Å². The highest BCUT2D eigenvalue weighted by molar-refractivity contribution is 6.34. The van der Waals surface area contributed by atoms with E-state index in [9.17, 15) is 0 Å². The number of hydrogen-bond acceptors (Lipinski definition) is 2. The molecule has 1 heterocycles. The largest absolute Gasteiger partial charge is 0.241 e. The summed E-state index contributed by atoms with van der Waals surface area (Å²) in [6.07, 6.45) is 1.82. The van der Waals surface area contributed by atoms with Gasteiger partial charge in [0.05, 0.1) is 5.52 Å². The van der Waals surface area contributed by atoms with Gasteiger partial charge in [0.2, 0.25) is 0 Å². The molecular weight excluding hydrogens is 159 g/mol. The van der Waals surface area contributed by atoms with E-state index < -0.39 is 0 Å². The Morgan fingerprint density at radius 1 is 1.23 bits per heavy atom. The molecule has 13 heavy (non-hydrogen) atoms. The average Bonchev–Trinajstić information content (AvgIpc) is 2.08. The van der Waals surface area contributed by atoms with Crippen LogP contribution in [0, 0.1) is 13.8 Å². The molecule has 3 heteroatoms. The second-order valence-corrected chi connectivity index (χ2v) is 3.18. The van der Waals surface area contributed by atoms with Crippen molar-refractivity contribution in [3.8, 4) is 0 Å². The maximum absolute atomic E-state index is 5.78. The quantitative estimate of drug-likeness (QED) is 0.549. The van der Waals surface area contributed by atoms with Crippen molar-refractivity contribution in [1.82, 2.24) is 9.97 Å². The maximum Gasteiger partial charge on any atom is 0.125 e. The van der Waals surface area contributed by atoms with E-state index in [-0.39, 0.29) is 0 Å². The average molecular weight is 168 g/mol. The Morgan fingerprint density at radius 3 is 2.77 bits per heavy atom. The molecule has 0 atom stereocenters. The molecule has 0 unspecified atom stereocenters. The van der Waals surface area contributed by atoms with E-state index >= 15 is 0 Å². The summed E-state index contributed by atoms with van der Waals surface area (Å²) in [5.74, 6) is 0.774. The molecule has 2 nitrogen and oxygen atoms in total. The topological polar surface area (TPSA) is 25.8 Å². The molecule has 0 saturated heterocycles. The first-order valence-electron chi connectivity index (χ1n) is 4.16. The van der Waals surface area contributed by atoms with Gasteiger partial charge in [0.25, 0.3) is 0 Å². The number of benzene rings is 1. The monoisotopic (exact) mass is 168 g/mol. The first-order valence-corrected chi connectivity index (χ1v) is 4.16. The van der Waals surface area contributed by atoms with Crippen LogP contribution in [0.15, 0.2) is 18.3 Å². The lowest BCUT2D eigenvalue weighted by atomic mass is 9.90. The van der Waals surface area contributed by atoms with Crippen LogP contribution in [0.2, 0.25) is 0 Å². The van der Waals surface area contributed by atoms with Gasteiger partial charge < -0.3 is 0 Å². The lowest BCUT2D eigenvalue weighted by Crippen LogP contribution is -2.07. The minimum Gasteiger partial charge on any atom is -0.241 e. The molecule has 0 N–H and O–H groups in total. The number of rotatable bonds is 0. The van der Waals surface area contributed by atoms with Crippen molar-refractivity contribution in [1.29, 1.82) is 0 Å². The van der Waals surface area contributed by atoms with Gasteiger partial charge in [-0.05, 0) is 26.0 Å². The van der Waals surface area contributed by atoms with E-state index in [0.717, 1.165) is 27.8 Å². The van der Waals surface area contributed by atoms with E-state index in [1.54, 1.807) is 0 Å². The predicted octanol–water partition coefficient (Wildman–Crippen LogP) is 1.04. The minimum absolute atomic E-state index is 0.774. The van der Waals surface area contributed by atoms with Crippen LogP contribution in [0.25, 0.3) is 10.9 Å². The highest BCUT2D eigenvalue weighted by atomic mass is 14.9. The summed E-state index contributed by atoms with van der Waals surface area (Å²) in [5, 5.41) is 1.04. The fraction of sp³-hybridized carbons (Fsp3) is 0.200. The summed E-state index contributed by atoms with van der Waals surface area (Å²) < 4.78 is 0. The molecule has 62 valence electrons. The fourth-order valence-electron chi connectivity index (χ4n) is 1.30. The summed E-state index contributed by atoms with van der Waals surface area (Å²) in [7, 11) is 5.78. The molecule has 0 saturated carbocycles. The molecule has 2 rings (SSSR count). The van der Waals surface area contributed by atoms with Gasteiger partial charge in [-0.15, -0.1) is 0 Å². The number of nitrogens with zero attached hydrogens (tertiary/aromatic N) is 2. The second kappa shape index (κ2) is 2.84. The van der Waals surface area contributed by atoms with Crippen molar-refractivity contribution in [2.45, 2.75) is 13.8 Å². The van der Waals surface area contributed by atoms with Crippen molar-refractivity contribution < 1.29 is 0 Å². The highest BCUT2D eigenvalue weighted by Crippen LogP contribution is 2.10. The van der Waals surface area contributed by atoms with Crippen LogP contribution in [0.5, 0.6) is 0 Å². The molecule has 0 amide bonds. The van der Waals surface area contributed by atoms with Crippen LogP contribution < -0.4 is 5.46 Å². The molecule has 1 aromatic heterocycles. The lowest BCUT2D eigenvalue weighted by Gasteiger charge is -2.03. The zero-order chi connectivity index (χ0) is 9.42. The van der Waals surface area contributed by atoms with Gasteiger partial charge in [-0.3, -0.25) is 0 Å². The third kappa shape index (κ3) is 1.42. The Bertz CT molecular complexity index is 466. The fourth-order valence-corrected chi connectivity index (χ4v) is 1.30. The minimum atomic E-state index is 0.774. The summed E-state index contributed by atoms with van der Waals surface area (Å²) in [4.78, 5) is 8.41. The van der Waals surface area contributed by atoms with Gasteiger partial charge in [-0.2, -0.15) is 0 Å². The molecule has 1 aromatic carbocycles. The van der Waals surface area contributed by atoms with Crippen molar-refractivity contribution in [3.05, 3.63) is 29.7 Å². The molecule has 2 radical (unpaired) electrons. The number of hydrogen-bond donors (Lipinski definition) is 0. The van der Waals surface area contributed by atoms with Crippen LogP contribution in [0.1, 0.15) is 11.4 Å². The highest BCUT2D eigenvalue weighted by Gasteiger charge is 1.98. The number of aromatic nitrogens is 2. The Labute approximate surface area is 78.4 Å². The molecule has 0 fully saturated rings. The van der Waals surface area contributed by atoms with Crippen molar-refractivity contribution in [3.63, 3.8) is 0 Å². The number of fused-ring (bicyclic) bond motifs is 1. The van der Waals surface area contributed by atoms with E-state index in [4.69, 9.17) is 7.85 Å². The second-order valence-electron chi connectivity index (χ2n) is 3.18. The summed E-state index contributed by atoms with van der Waals surface area (Å²) in [5.41, 5.74) is 2.76. The SMILES string of the molecule is [B]c1cc2nc(C)ncc2cc1C. The standard InChI is InChI=1S/C10H9BN2/c1-6-3-8-5-12-7(2)13-10(8)4-9(6)11/h3-5H,1-2H3. The van der Waals surface area contributed by atoms with Crippen LogP contribution in [-0.2, 0) is 0 Å². The molecule has 2 aromatic rings. The van der Waals surface area contributed by atoms with E-state index in [1.807, 2.05) is 32.2 Å². The molecule has 0 aliphatic carbocycles. The summed E-state index contributed by atoms with van der Waals surface area (Å²) in [6, 6.07) is 3.89. The number of aryl methyl sites for hydroxylation is 2.